The van der Waals surface area contributed by atoms with E-state index < -0.39 is 5.60 Å². The van der Waals surface area contributed by atoms with E-state index in [0.29, 0.717) is 12.5 Å². The maximum Gasteiger partial charge on any atom is 0.125 e. The molecule has 0 radical (unpaired) electrons. The van der Waals surface area contributed by atoms with Crippen LogP contribution in [0.2, 0.25) is 0 Å². The number of rotatable bonds is 3. The van der Waals surface area contributed by atoms with Crippen LogP contribution in [0, 0.1) is 0 Å². The predicted octanol–water partition coefficient (Wildman–Crippen LogP) is 2.00. The molecular formula is C14H21NO2. The molecule has 2 rings (SSSR count). The molecule has 3 heteroatoms. The topological polar surface area (TPSA) is 41.5 Å². The summed E-state index contributed by atoms with van der Waals surface area (Å²) in [6.45, 7) is 5.76. The highest BCUT2D eigenvalue weighted by Crippen LogP contribution is 2.36. The van der Waals surface area contributed by atoms with Gasteiger partial charge in [-0.15, -0.1) is 0 Å². The lowest BCUT2D eigenvalue weighted by Gasteiger charge is -2.25. The molecule has 3 nitrogen and oxygen atoms in total. The molecular weight excluding hydrogens is 214 g/mol. The van der Waals surface area contributed by atoms with Gasteiger partial charge in [-0.25, -0.2) is 0 Å². The lowest BCUT2D eigenvalue weighted by atomic mass is 9.90. The molecule has 1 saturated heterocycles. The van der Waals surface area contributed by atoms with Crippen LogP contribution in [-0.2, 0) is 5.60 Å². The van der Waals surface area contributed by atoms with Crippen molar-refractivity contribution in [3.8, 4) is 5.75 Å². The van der Waals surface area contributed by atoms with E-state index in [1.165, 1.54) is 5.56 Å². The summed E-state index contributed by atoms with van der Waals surface area (Å²) in [5, 5.41) is 13.8. The quantitative estimate of drug-likeness (QED) is 0.842. The van der Waals surface area contributed by atoms with Crippen LogP contribution in [0.4, 0.5) is 0 Å². The lowest BCUT2D eigenvalue weighted by molar-refractivity contribution is 0.0560. The SMILES string of the molecule is COc1cc(C(C)C)ccc1C1(O)CCNC1. The van der Waals surface area contributed by atoms with Gasteiger partial charge in [0.25, 0.3) is 0 Å². The summed E-state index contributed by atoms with van der Waals surface area (Å²) in [6.07, 6.45) is 0.740. The maximum absolute atomic E-state index is 10.6. The third kappa shape index (κ3) is 2.31. The second kappa shape index (κ2) is 4.67. The normalized spacial score (nSPS) is 24.3. The van der Waals surface area contributed by atoms with Gasteiger partial charge in [0, 0.05) is 12.1 Å². The second-order valence-electron chi connectivity index (χ2n) is 5.07. The first kappa shape index (κ1) is 12.4. The van der Waals surface area contributed by atoms with Crippen molar-refractivity contribution in [2.24, 2.45) is 0 Å². The van der Waals surface area contributed by atoms with E-state index >= 15 is 0 Å². The fourth-order valence-electron chi connectivity index (χ4n) is 2.36. The number of hydrogen-bond acceptors (Lipinski definition) is 3. The Balaban J connectivity index is 2.40. The molecule has 94 valence electrons. The molecule has 0 bridgehead atoms. The van der Waals surface area contributed by atoms with E-state index in [1.807, 2.05) is 12.1 Å². The molecule has 1 aliphatic rings. The maximum atomic E-state index is 10.6. The van der Waals surface area contributed by atoms with Crippen LogP contribution in [-0.4, -0.2) is 25.3 Å². The van der Waals surface area contributed by atoms with E-state index in [4.69, 9.17) is 4.74 Å². The number of hydrogen-bond donors (Lipinski definition) is 2. The van der Waals surface area contributed by atoms with Gasteiger partial charge in [0.15, 0.2) is 0 Å². The Kier molecular flexibility index (Phi) is 3.40. The first-order valence-electron chi connectivity index (χ1n) is 6.18. The molecule has 1 aromatic carbocycles. The molecule has 1 atom stereocenters. The molecule has 1 fully saturated rings. The molecule has 1 unspecified atom stereocenters. The van der Waals surface area contributed by atoms with E-state index in [2.05, 4.69) is 25.2 Å². The average molecular weight is 235 g/mol. The van der Waals surface area contributed by atoms with Gasteiger partial charge in [-0.3, -0.25) is 0 Å². The summed E-state index contributed by atoms with van der Waals surface area (Å²) >= 11 is 0. The van der Waals surface area contributed by atoms with Gasteiger partial charge < -0.3 is 15.2 Å². The molecule has 2 N–H and O–H groups in total. The van der Waals surface area contributed by atoms with Gasteiger partial charge >= 0.3 is 0 Å². The minimum Gasteiger partial charge on any atom is -0.496 e. The smallest absolute Gasteiger partial charge is 0.125 e. The number of methoxy groups -OCH3 is 1. The monoisotopic (exact) mass is 235 g/mol. The highest BCUT2D eigenvalue weighted by molar-refractivity contribution is 5.43. The molecule has 0 amide bonds. The standard InChI is InChI=1S/C14H21NO2/c1-10(2)11-4-5-12(13(8-11)17-3)14(16)6-7-15-9-14/h4-5,8,10,15-16H,6-7,9H2,1-3H3. The van der Waals surface area contributed by atoms with Gasteiger partial charge in [0.2, 0.25) is 0 Å². The Hall–Kier alpha value is -1.06. The van der Waals surface area contributed by atoms with Crippen molar-refractivity contribution in [1.29, 1.82) is 0 Å². The van der Waals surface area contributed by atoms with Crippen molar-refractivity contribution in [2.75, 3.05) is 20.2 Å². The Morgan fingerprint density at radius 3 is 2.71 bits per heavy atom. The van der Waals surface area contributed by atoms with Crippen molar-refractivity contribution in [3.05, 3.63) is 29.3 Å². The van der Waals surface area contributed by atoms with E-state index in [-0.39, 0.29) is 0 Å². The third-order valence-electron chi connectivity index (χ3n) is 3.53. The molecule has 0 spiro atoms. The van der Waals surface area contributed by atoms with E-state index in [1.54, 1.807) is 7.11 Å². The van der Waals surface area contributed by atoms with Crippen molar-refractivity contribution < 1.29 is 9.84 Å². The largest absolute Gasteiger partial charge is 0.496 e. The van der Waals surface area contributed by atoms with Gasteiger partial charge in [-0.1, -0.05) is 26.0 Å². The zero-order valence-electron chi connectivity index (χ0n) is 10.8. The zero-order chi connectivity index (χ0) is 12.5. The number of β-amino-alcohol motifs (C(OH)–C–C–N with tert-alkyl or cyclic N) is 1. The van der Waals surface area contributed by atoms with Gasteiger partial charge in [-0.2, -0.15) is 0 Å². The van der Waals surface area contributed by atoms with Crippen LogP contribution in [0.3, 0.4) is 0 Å². The Morgan fingerprint density at radius 1 is 1.41 bits per heavy atom. The number of aliphatic hydroxyl groups is 1. The molecule has 1 heterocycles. The first-order valence-corrected chi connectivity index (χ1v) is 6.18. The van der Waals surface area contributed by atoms with Crippen molar-refractivity contribution in [1.82, 2.24) is 5.32 Å². The molecule has 1 aliphatic heterocycles. The van der Waals surface area contributed by atoms with Crippen LogP contribution in [0.25, 0.3) is 0 Å². The van der Waals surface area contributed by atoms with Crippen molar-refractivity contribution in [2.45, 2.75) is 31.8 Å². The van der Waals surface area contributed by atoms with Gasteiger partial charge in [0.1, 0.15) is 11.4 Å². The van der Waals surface area contributed by atoms with Crippen molar-refractivity contribution in [3.63, 3.8) is 0 Å². The Labute approximate surface area is 103 Å². The lowest BCUT2D eigenvalue weighted by Crippen LogP contribution is -2.28. The predicted molar refractivity (Wildman–Crippen MR) is 68.5 cm³/mol. The molecule has 0 aliphatic carbocycles. The summed E-state index contributed by atoms with van der Waals surface area (Å²) in [5.74, 6) is 1.26. The second-order valence-corrected chi connectivity index (χ2v) is 5.07. The van der Waals surface area contributed by atoms with E-state index in [0.717, 1.165) is 24.3 Å². The summed E-state index contributed by atoms with van der Waals surface area (Å²) in [7, 11) is 1.66. The minimum atomic E-state index is -0.777. The molecule has 0 saturated carbocycles. The van der Waals surface area contributed by atoms with Crippen LogP contribution < -0.4 is 10.1 Å². The zero-order valence-corrected chi connectivity index (χ0v) is 10.8. The Morgan fingerprint density at radius 2 is 2.18 bits per heavy atom. The third-order valence-corrected chi connectivity index (χ3v) is 3.53. The Bertz CT molecular complexity index is 395. The average Bonchev–Trinajstić information content (AvgIpc) is 2.76. The van der Waals surface area contributed by atoms with Crippen LogP contribution in [0.1, 0.15) is 37.3 Å². The number of nitrogens with one attached hydrogen (secondary N) is 1. The summed E-state index contributed by atoms with van der Waals surface area (Å²) in [5.41, 5.74) is 1.36. The van der Waals surface area contributed by atoms with Crippen LogP contribution in [0.5, 0.6) is 5.75 Å². The molecule has 17 heavy (non-hydrogen) atoms. The fourth-order valence-corrected chi connectivity index (χ4v) is 2.36. The van der Waals surface area contributed by atoms with Crippen LogP contribution >= 0.6 is 0 Å². The van der Waals surface area contributed by atoms with Gasteiger partial charge in [-0.05, 0) is 30.5 Å². The number of ether oxygens (including phenoxy) is 1. The summed E-state index contributed by atoms with van der Waals surface area (Å²) < 4.78 is 5.43. The highest BCUT2D eigenvalue weighted by atomic mass is 16.5. The summed E-state index contributed by atoms with van der Waals surface area (Å²) in [4.78, 5) is 0. The summed E-state index contributed by atoms with van der Waals surface area (Å²) in [6, 6.07) is 6.12. The molecule has 0 aromatic heterocycles. The number of benzene rings is 1. The first-order chi connectivity index (χ1) is 8.07. The van der Waals surface area contributed by atoms with E-state index in [9.17, 15) is 5.11 Å². The fraction of sp³-hybridized carbons (Fsp3) is 0.571. The van der Waals surface area contributed by atoms with Gasteiger partial charge in [0.05, 0.1) is 7.11 Å². The van der Waals surface area contributed by atoms with Crippen LogP contribution in [0.15, 0.2) is 18.2 Å². The minimum absolute atomic E-state index is 0.467. The highest BCUT2D eigenvalue weighted by Gasteiger charge is 2.35. The van der Waals surface area contributed by atoms with Crippen molar-refractivity contribution >= 4 is 0 Å². The molecule has 1 aromatic rings.